The van der Waals surface area contributed by atoms with Crippen molar-refractivity contribution in [2.24, 2.45) is 0 Å². The summed E-state index contributed by atoms with van der Waals surface area (Å²) in [5.74, 6) is 1.62. The van der Waals surface area contributed by atoms with Crippen LogP contribution in [0.15, 0.2) is 36.7 Å². The summed E-state index contributed by atoms with van der Waals surface area (Å²) in [6.07, 6.45) is 3.51. The second-order valence-corrected chi connectivity index (χ2v) is 4.20. The Kier molecular flexibility index (Phi) is 4.18. The first-order valence-electron chi connectivity index (χ1n) is 6.07. The van der Waals surface area contributed by atoms with Gasteiger partial charge < -0.3 is 15.0 Å². The summed E-state index contributed by atoms with van der Waals surface area (Å²) in [7, 11) is 5.51. The number of nitrogens with zero attached hydrogens (tertiary/aromatic N) is 3. The van der Waals surface area contributed by atoms with Gasteiger partial charge in [0.2, 0.25) is 0 Å². The maximum atomic E-state index is 5.22. The lowest BCUT2D eigenvalue weighted by atomic mass is 10.2. The maximum absolute atomic E-state index is 5.22. The molecule has 0 fully saturated rings. The average Bonchev–Trinajstić information content (AvgIpc) is 2.48. The topological polar surface area (TPSA) is 50.3 Å². The lowest BCUT2D eigenvalue weighted by Crippen LogP contribution is -2.17. The third-order valence-electron chi connectivity index (χ3n) is 2.85. The SMILES string of the molecule is CNc1cnc(CN(C)c2cccc(OC)c2)cn1. The largest absolute Gasteiger partial charge is 0.497 e. The first-order chi connectivity index (χ1) is 9.22. The predicted octanol–water partition coefficient (Wildman–Crippen LogP) is 2.16. The van der Waals surface area contributed by atoms with Gasteiger partial charge in [0.1, 0.15) is 11.6 Å². The minimum absolute atomic E-state index is 0.699. The minimum Gasteiger partial charge on any atom is -0.497 e. The number of methoxy groups -OCH3 is 1. The third kappa shape index (κ3) is 3.34. The van der Waals surface area contributed by atoms with Crippen LogP contribution in [0.2, 0.25) is 0 Å². The molecule has 5 heteroatoms. The van der Waals surface area contributed by atoms with E-state index in [4.69, 9.17) is 4.74 Å². The van der Waals surface area contributed by atoms with Gasteiger partial charge in [-0.3, -0.25) is 4.98 Å². The van der Waals surface area contributed by atoms with Gasteiger partial charge in [-0.15, -0.1) is 0 Å². The van der Waals surface area contributed by atoms with Crippen molar-refractivity contribution in [3.8, 4) is 5.75 Å². The molecule has 1 aromatic heterocycles. The minimum atomic E-state index is 0.699. The van der Waals surface area contributed by atoms with Gasteiger partial charge in [0.05, 0.1) is 31.7 Å². The first-order valence-corrected chi connectivity index (χ1v) is 6.07. The Hall–Kier alpha value is -2.30. The predicted molar refractivity (Wildman–Crippen MR) is 76.7 cm³/mol. The van der Waals surface area contributed by atoms with Crippen molar-refractivity contribution in [2.75, 3.05) is 31.4 Å². The summed E-state index contributed by atoms with van der Waals surface area (Å²) in [6, 6.07) is 7.94. The van der Waals surface area contributed by atoms with E-state index >= 15 is 0 Å². The van der Waals surface area contributed by atoms with Gasteiger partial charge in [-0.2, -0.15) is 0 Å². The second kappa shape index (κ2) is 6.04. The van der Waals surface area contributed by atoms with Crippen LogP contribution in [0.25, 0.3) is 0 Å². The molecular weight excluding hydrogens is 240 g/mol. The van der Waals surface area contributed by atoms with Gasteiger partial charge in [-0.25, -0.2) is 4.98 Å². The molecule has 0 aliphatic heterocycles. The van der Waals surface area contributed by atoms with Crippen molar-refractivity contribution < 1.29 is 4.74 Å². The highest BCUT2D eigenvalue weighted by Gasteiger charge is 2.05. The van der Waals surface area contributed by atoms with Crippen LogP contribution in [0.1, 0.15) is 5.69 Å². The van der Waals surface area contributed by atoms with E-state index < -0.39 is 0 Å². The summed E-state index contributed by atoms with van der Waals surface area (Å²) in [6.45, 7) is 0.699. The van der Waals surface area contributed by atoms with Gasteiger partial charge in [0.25, 0.3) is 0 Å². The van der Waals surface area contributed by atoms with Crippen LogP contribution in [0.5, 0.6) is 5.75 Å². The monoisotopic (exact) mass is 258 g/mol. The van der Waals surface area contributed by atoms with Crippen molar-refractivity contribution in [1.82, 2.24) is 9.97 Å². The van der Waals surface area contributed by atoms with E-state index in [0.29, 0.717) is 6.54 Å². The first kappa shape index (κ1) is 13.1. The molecule has 0 aliphatic rings. The molecule has 0 aliphatic carbocycles. The quantitative estimate of drug-likeness (QED) is 0.890. The Bertz CT molecular complexity index is 527. The number of aromatic nitrogens is 2. The molecule has 0 saturated heterocycles. The van der Waals surface area contributed by atoms with Crippen molar-refractivity contribution in [3.63, 3.8) is 0 Å². The number of hydrogen-bond donors (Lipinski definition) is 1. The van der Waals surface area contributed by atoms with Gasteiger partial charge in [-0.05, 0) is 12.1 Å². The molecule has 1 aromatic carbocycles. The van der Waals surface area contributed by atoms with Gasteiger partial charge in [0, 0.05) is 25.8 Å². The number of nitrogens with one attached hydrogen (secondary N) is 1. The Labute approximate surface area is 113 Å². The van der Waals surface area contributed by atoms with Gasteiger partial charge in [0.15, 0.2) is 0 Å². The van der Waals surface area contributed by atoms with E-state index in [2.05, 4.69) is 20.2 Å². The standard InChI is InChI=1S/C14H18N4O/c1-15-14-9-16-11(8-17-14)10-18(2)12-5-4-6-13(7-12)19-3/h4-9H,10H2,1-3H3,(H,15,17). The van der Waals surface area contributed by atoms with Crippen molar-refractivity contribution in [3.05, 3.63) is 42.4 Å². The fraction of sp³-hybridized carbons (Fsp3) is 0.286. The molecule has 0 amide bonds. The Morgan fingerprint density at radius 3 is 2.74 bits per heavy atom. The molecule has 19 heavy (non-hydrogen) atoms. The van der Waals surface area contributed by atoms with Crippen molar-refractivity contribution >= 4 is 11.5 Å². The number of anilines is 2. The van der Waals surface area contributed by atoms with Crippen LogP contribution in [-0.2, 0) is 6.54 Å². The summed E-state index contributed by atoms with van der Waals surface area (Å²) in [5.41, 5.74) is 2.00. The van der Waals surface area contributed by atoms with Crippen LogP contribution in [0.4, 0.5) is 11.5 Å². The zero-order valence-corrected chi connectivity index (χ0v) is 11.4. The molecule has 1 N–H and O–H groups in total. The van der Waals surface area contributed by atoms with Gasteiger partial charge >= 0.3 is 0 Å². The molecule has 0 bridgehead atoms. The van der Waals surface area contributed by atoms with Crippen LogP contribution in [-0.4, -0.2) is 31.2 Å². The lowest BCUT2D eigenvalue weighted by Gasteiger charge is -2.19. The average molecular weight is 258 g/mol. The van der Waals surface area contributed by atoms with Crippen LogP contribution in [0.3, 0.4) is 0 Å². The molecule has 0 spiro atoms. The molecular formula is C14H18N4O. The highest BCUT2D eigenvalue weighted by atomic mass is 16.5. The Morgan fingerprint density at radius 2 is 2.11 bits per heavy atom. The maximum Gasteiger partial charge on any atom is 0.144 e. The van der Waals surface area contributed by atoms with Crippen molar-refractivity contribution in [1.29, 1.82) is 0 Å². The molecule has 1 heterocycles. The van der Waals surface area contributed by atoms with E-state index in [0.717, 1.165) is 22.9 Å². The number of rotatable bonds is 5. The summed E-state index contributed by atoms with van der Waals surface area (Å²) >= 11 is 0. The number of hydrogen-bond acceptors (Lipinski definition) is 5. The van der Waals surface area contributed by atoms with E-state index in [1.165, 1.54) is 0 Å². The van der Waals surface area contributed by atoms with E-state index in [9.17, 15) is 0 Å². The zero-order valence-electron chi connectivity index (χ0n) is 11.4. The molecule has 100 valence electrons. The van der Waals surface area contributed by atoms with E-state index in [1.807, 2.05) is 38.4 Å². The number of ether oxygens (including phenoxy) is 1. The zero-order chi connectivity index (χ0) is 13.7. The highest BCUT2D eigenvalue weighted by Crippen LogP contribution is 2.20. The van der Waals surface area contributed by atoms with Gasteiger partial charge in [-0.1, -0.05) is 6.07 Å². The smallest absolute Gasteiger partial charge is 0.144 e. The molecule has 2 aromatic rings. The molecule has 0 unspecified atom stereocenters. The highest BCUT2D eigenvalue weighted by molar-refractivity contribution is 5.50. The fourth-order valence-electron chi connectivity index (χ4n) is 1.75. The summed E-state index contributed by atoms with van der Waals surface area (Å²) in [5, 5.41) is 2.95. The van der Waals surface area contributed by atoms with Crippen molar-refractivity contribution in [2.45, 2.75) is 6.54 Å². The second-order valence-electron chi connectivity index (χ2n) is 4.20. The molecule has 0 atom stereocenters. The van der Waals surface area contributed by atoms with Crippen LogP contribution >= 0.6 is 0 Å². The third-order valence-corrected chi connectivity index (χ3v) is 2.85. The lowest BCUT2D eigenvalue weighted by molar-refractivity contribution is 0.415. The molecule has 5 nitrogen and oxygen atoms in total. The van der Waals surface area contributed by atoms with E-state index in [1.54, 1.807) is 19.5 Å². The summed E-state index contributed by atoms with van der Waals surface area (Å²) in [4.78, 5) is 10.7. The summed E-state index contributed by atoms with van der Waals surface area (Å²) < 4.78 is 5.22. The van der Waals surface area contributed by atoms with E-state index in [-0.39, 0.29) is 0 Å². The Morgan fingerprint density at radius 1 is 1.26 bits per heavy atom. The number of benzene rings is 1. The normalized spacial score (nSPS) is 10.1. The molecule has 0 saturated carbocycles. The molecule has 2 rings (SSSR count). The molecule has 0 radical (unpaired) electrons. The van der Waals surface area contributed by atoms with Crippen LogP contribution < -0.4 is 15.0 Å². The van der Waals surface area contributed by atoms with Crippen LogP contribution in [0, 0.1) is 0 Å². The fourth-order valence-corrected chi connectivity index (χ4v) is 1.75. The Balaban J connectivity index is 2.08.